The second kappa shape index (κ2) is 8.75. The van der Waals surface area contributed by atoms with E-state index in [-0.39, 0.29) is 35.1 Å². The lowest BCUT2D eigenvalue weighted by Crippen LogP contribution is -2.53. The number of ketones is 2. The second-order valence-corrected chi connectivity index (χ2v) is 9.68. The first-order valence-corrected chi connectivity index (χ1v) is 11.5. The van der Waals surface area contributed by atoms with Gasteiger partial charge in [-0.25, -0.2) is 8.42 Å². The molecule has 1 aromatic carbocycles. The van der Waals surface area contributed by atoms with Crippen LogP contribution in [0.5, 0.6) is 0 Å². The fourth-order valence-electron chi connectivity index (χ4n) is 4.15. The molecule has 1 saturated heterocycles. The number of H-pyrrole nitrogens is 1. The molecule has 2 aromatic rings. The second-order valence-electron chi connectivity index (χ2n) is 7.77. The fourth-order valence-corrected chi connectivity index (χ4v) is 5.72. The Balaban J connectivity index is 1.74. The Morgan fingerprint density at radius 1 is 1.13 bits per heavy atom. The van der Waals surface area contributed by atoms with Crippen LogP contribution in [-0.2, 0) is 10.0 Å². The number of piperazine rings is 1. The van der Waals surface area contributed by atoms with E-state index in [4.69, 9.17) is 0 Å². The third-order valence-electron chi connectivity index (χ3n) is 5.86. The number of nitrogens with zero attached hydrogens (tertiary/aromatic N) is 3. The summed E-state index contributed by atoms with van der Waals surface area (Å²) in [6.07, 6.45) is 0. The number of aromatic nitrogens is 1. The van der Waals surface area contributed by atoms with E-state index >= 15 is 0 Å². The first kappa shape index (κ1) is 22.9. The molecule has 164 valence electrons. The fraction of sp³-hybridized carbons (Fsp3) is 0.409. The Hall–Kier alpha value is -2.80. The Morgan fingerprint density at radius 3 is 2.29 bits per heavy atom. The summed E-state index contributed by atoms with van der Waals surface area (Å²) in [6.45, 7) is 8.03. The molecule has 1 N–H and O–H groups in total. The van der Waals surface area contributed by atoms with Crippen LogP contribution in [0, 0.1) is 25.2 Å². The number of carbonyl (C=O) groups is 2. The molecule has 1 aromatic heterocycles. The van der Waals surface area contributed by atoms with Gasteiger partial charge in [0.2, 0.25) is 10.0 Å². The van der Waals surface area contributed by atoms with Gasteiger partial charge in [0.05, 0.1) is 22.2 Å². The molecule has 0 unspecified atom stereocenters. The van der Waals surface area contributed by atoms with Gasteiger partial charge in [0.1, 0.15) is 6.07 Å². The van der Waals surface area contributed by atoms with E-state index in [0.29, 0.717) is 35.6 Å². The van der Waals surface area contributed by atoms with Gasteiger partial charge >= 0.3 is 0 Å². The Morgan fingerprint density at radius 2 is 1.74 bits per heavy atom. The average molecular weight is 443 g/mol. The summed E-state index contributed by atoms with van der Waals surface area (Å²) < 4.78 is 27.4. The molecule has 8 nitrogen and oxygen atoms in total. The van der Waals surface area contributed by atoms with Crippen molar-refractivity contribution < 1.29 is 18.0 Å². The largest absolute Gasteiger partial charge is 0.355 e. The molecule has 0 radical (unpaired) electrons. The van der Waals surface area contributed by atoms with Gasteiger partial charge in [0, 0.05) is 37.4 Å². The number of rotatable bonds is 6. The zero-order valence-electron chi connectivity index (χ0n) is 18.1. The van der Waals surface area contributed by atoms with Gasteiger partial charge < -0.3 is 4.98 Å². The molecule has 1 atom stereocenters. The SMILES string of the molecule is CC(=O)c1c(C)[nH]c(C(=O)[C@@H](C)N2CCN(S(=O)(=O)c3ccccc3C#N)CC2)c1C. The highest BCUT2D eigenvalue weighted by molar-refractivity contribution is 7.89. The predicted molar refractivity (Wildman–Crippen MR) is 116 cm³/mol. The molecule has 0 aliphatic carbocycles. The molecule has 1 aliphatic rings. The minimum Gasteiger partial charge on any atom is -0.355 e. The Bertz CT molecular complexity index is 1170. The molecule has 0 bridgehead atoms. The summed E-state index contributed by atoms with van der Waals surface area (Å²) in [5.41, 5.74) is 2.41. The van der Waals surface area contributed by atoms with Crippen LogP contribution in [0.1, 0.15) is 51.5 Å². The van der Waals surface area contributed by atoms with Crippen LogP contribution in [0.4, 0.5) is 0 Å². The first-order chi connectivity index (χ1) is 14.6. The van der Waals surface area contributed by atoms with E-state index in [0.717, 1.165) is 0 Å². The topological polar surface area (TPSA) is 114 Å². The van der Waals surface area contributed by atoms with Crippen molar-refractivity contribution in [2.24, 2.45) is 0 Å². The monoisotopic (exact) mass is 442 g/mol. The van der Waals surface area contributed by atoms with Crippen LogP contribution in [0.25, 0.3) is 0 Å². The maximum Gasteiger partial charge on any atom is 0.244 e. The maximum atomic E-state index is 13.1. The third kappa shape index (κ3) is 4.19. The van der Waals surface area contributed by atoms with Crippen molar-refractivity contribution in [1.29, 1.82) is 5.26 Å². The Kier molecular flexibility index (Phi) is 6.46. The summed E-state index contributed by atoms with van der Waals surface area (Å²) in [6, 6.07) is 7.62. The van der Waals surface area contributed by atoms with Crippen LogP contribution in [0.2, 0.25) is 0 Å². The zero-order valence-corrected chi connectivity index (χ0v) is 18.9. The highest BCUT2D eigenvalue weighted by Crippen LogP contribution is 2.24. The van der Waals surface area contributed by atoms with E-state index in [1.54, 1.807) is 32.9 Å². The lowest BCUT2D eigenvalue weighted by atomic mass is 10.0. The summed E-state index contributed by atoms with van der Waals surface area (Å²) in [5, 5.41) is 9.24. The lowest BCUT2D eigenvalue weighted by molar-refractivity contribution is 0.0777. The van der Waals surface area contributed by atoms with Gasteiger partial charge in [0.15, 0.2) is 11.6 Å². The van der Waals surface area contributed by atoms with Gasteiger partial charge in [-0.05, 0) is 45.4 Å². The van der Waals surface area contributed by atoms with Crippen molar-refractivity contribution in [1.82, 2.24) is 14.2 Å². The number of nitriles is 1. The summed E-state index contributed by atoms with van der Waals surface area (Å²) >= 11 is 0. The molecule has 2 heterocycles. The molecular weight excluding hydrogens is 416 g/mol. The summed E-state index contributed by atoms with van der Waals surface area (Å²) in [4.78, 5) is 29.9. The molecule has 31 heavy (non-hydrogen) atoms. The van der Waals surface area contributed by atoms with E-state index in [1.165, 1.54) is 23.4 Å². The normalized spacial score (nSPS) is 16.6. The minimum absolute atomic E-state index is 0.00400. The lowest BCUT2D eigenvalue weighted by Gasteiger charge is -2.36. The maximum absolute atomic E-state index is 13.1. The van der Waals surface area contributed by atoms with Crippen molar-refractivity contribution in [2.75, 3.05) is 26.2 Å². The third-order valence-corrected chi connectivity index (χ3v) is 7.82. The number of benzene rings is 1. The van der Waals surface area contributed by atoms with Crippen LogP contribution in [0.15, 0.2) is 29.2 Å². The standard InChI is InChI=1S/C22H26N4O4S/c1-14-20(17(4)27)15(2)24-21(14)22(28)16(3)25-9-11-26(12-10-25)31(29,30)19-8-6-5-7-18(19)13-23/h5-8,16,24H,9-12H2,1-4H3/t16-/m1/s1. The van der Waals surface area contributed by atoms with Gasteiger partial charge in [0.25, 0.3) is 0 Å². The van der Waals surface area contributed by atoms with Crippen LogP contribution >= 0.6 is 0 Å². The van der Waals surface area contributed by atoms with Crippen molar-refractivity contribution in [2.45, 2.75) is 38.6 Å². The van der Waals surface area contributed by atoms with Gasteiger partial charge in [-0.3, -0.25) is 14.5 Å². The molecule has 1 fully saturated rings. The highest BCUT2D eigenvalue weighted by Gasteiger charge is 2.34. The minimum atomic E-state index is -3.79. The van der Waals surface area contributed by atoms with Crippen molar-refractivity contribution >= 4 is 21.6 Å². The molecule has 0 spiro atoms. The number of Topliss-reactive ketones (excluding diaryl/α,β-unsaturated/α-hetero) is 2. The number of nitrogens with one attached hydrogen (secondary N) is 1. The van der Waals surface area contributed by atoms with Gasteiger partial charge in [-0.15, -0.1) is 0 Å². The first-order valence-electron chi connectivity index (χ1n) is 10.1. The molecule has 9 heteroatoms. The molecule has 0 amide bonds. The molecule has 3 rings (SSSR count). The molecule has 0 saturated carbocycles. The number of sulfonamides is 1. The highest BCUT2D eigenvalue weighted by atomic mass is 32.2. The number of aryl methyl sites for hydroxylation is 1. The van der Waals surface area contributed by atoms with Crippen LogP contribution < -0.4 is 0 Å². The van der Waals surface area contributed by atoms with E-state index in [2.05, 4.69) is 4.98 Å². The smallest absolute Gasteiger partial charge is 0.244 e. The van der Waals surface area contributed by atoms with Crippen molar-refractivity contribution in [3.63, 3.8) is 0 Å². The van der Waals surface area contributed by atoms with Crippen molar-refractivity contribution in [3.8, 4) is 6.07 Å². The summed E-state index contributed by atoms with van der Waals surface area (Å²) in [5.74, 6) is -0.214. The zero-order chi connectivity index (χ0) is 22.9. The molecular formula is C22H26N4O4S. The average Bonchev–Trinajstić information content (AvgIpc) is 3.06. The predicted octanol–water partition coefficient (Wildman–Crippen LogP) is 2.28. The number of aromatic amines is 1. The van der Waals surface area contributed by atoms with Crippen LogP contribution in [-0.4, -0.2) is 66.4 Å². The number of hydrogen-bond donors (Lipinski definition) is 1. The van der Waals surface area contributed by atoms with E-state index in [9.17, 15) is 23.3 Å². The Labute approximate surface area is 182 Å². The van der Waals surface area contributed by atoms with Crippen molar-refractivity contribution in [3.05, 3.63) is 52.3 Å². The van der Waals surface area contributed by atoms with E-state index in [1.807, 2.05) is 11.0 Å². The quantitative estimate of drug-likeness (QED) is 0.687. The van der Waals surface area contributed by atoms with E-state index < -0.39 is 16.1 Å². The molecule has 1 aliphatic heterocycles. The van der Waals surface area contributed by atoms with Gasteiger partial charge in [-0.2, -0.15) is 9.57 Å². The number of carbonyl (C=O) groups excluding carboxylic acids is 2. The number of hydrogen-bond acceptors (Lipinski definition) is 6. The summed E-state index contributed by atoms with van der Waals surface area (Å²) in [7, 11) is -3.79. The van der Waals surface area contributed by atoms with Crippen LogP contribution in [0.3, 0.4) is 0 Å². The van der Waals surface area contributed by atoms with Gasteiger partial charge in [-0.1, -0.05) is 12.1 Å².